The zero-order chi connectivity index (χ0) is 12.5. The molecular weight excluding hydrogens is 287 g/mol. The number of aromatic amines is 1. The van der Waals surface area contributed by atoms with Gasteiger partial charge in [0.05, 0.1) is 5.39 Å². The van der Waals surface area contributed by atoms with Gasteiger partial charge in [-0.15, -0.1) is 12.4 Å². The van der Waals surface area contributed by atoms with Crippen LogP contribution in [-0.4, -0.2) is 39.3 Å². The molecule has 0 spiro atoms. The van der Waals surface area contributed by atoms with Gasteiger partial charge in [0.15, 0.2) is 5.65 Å². The number of piperidine rings is 1. The van der Waals surface area contributed by atoms with Gasteiger partial charge in [0.1, 0.15) is 5.82 Å². The van der Waals surface area contributed by atoms with Gasteiger partial charge < -0.3 is 10.6 Å². The van der Waals surface area contributed by atoms with Gasteiger partial charge in [0.25, 0.3) is 0 Å². The van der Waals surface area contributed by atoms with Gasteiger partial charge in [0, 0.05) is 18.3 Å². The highest BCUT2D eigenvalue weighted by Crippen LogP contribution is 2.24. The Hall–Kier alpha value is -1.11. The lowest BCUT2D eigenvalue weighted by Gasteiger charge is -2.24. The maximum atomic E-state index is 5.92. The molecule has 0 radical (unpaired) electrons. The monoisotopic (exact) mass is 302 g/mol. The zero-order valence-electron chi connectivity index (χ0n) is 10.5. The third kappa shape index (κ3) is 2.91. The van der Waals surface area contributed by atoms with E-state index in [0.29, 0.717) is 11.7 Å². The Bertz CT molecular complexity index is 564. The van der Waals surface area contributed by atoms with Crippen molar-refractivity contribution in [3.8, 4) is 0 Å². The molecule has 8 heteroatoms. The second-order valence-corrected chi connectivity index (χ2v) is 4.91. The number of hydrogen-bond acceptors (Lipinski definition) is 5. The first kappa shape index (κ1) is 14.3. The Balaban J connectivity index is 0.00000133. The van der Waals surface area contributed by atoms with Gasteiger partial charge in [0.2, 0.25) is 5.28 Å². The van der Waals surface area contributed by atoms with Crippen LogP contribution in [0.5, 0.6) is 0 Å². The number of nitrogens with zero attached hydrogens (tertiary/aromatic N) is 3. The van der Waals surface area contributed by atoms with E-state index in [1.54, 1.807) is 0 Å². The molecule has 2 aromatic rings. The number of fused-ring (bicyclic) bond motifs is 1. The average molecular weight is 303 g/mol. The predicted molar refractivity (Wildman–Crippen MR) is 78.2 cm³/mol. The molecule has 1 unspecified atom stereocenters. The summed E-state index contributed by atoms with van der Waals surface area (Å²) >= 11 is 5.92. The van der Waals surface area contributed by atoms with E-state index in [-0.39, 0.29) is 17.7 Å². The minimum atomic E-state index is 0. The molecule has 0 aliphatic carbocycles. The van der Waals surface area contributed by atoms with Crippen LogP contribution in [0.1, 0.15) is 18.5 Å². The third-order valence-corrected chi connectivity index (χ3v) is 3.37. The largest absolute Gasteiger partial charge is 0.365 e. The summed E-state index contributed by atoms with van der Waals surface area (Å²) in [6, 6.07) is 0.377. The summed E-state index contributed by atoms with van der Waals surface area (Å²) in [6.07, 6.45) is 2.30. The number of aryl methyl sites for hydroxylation is 1. The molecule has 3 N–H and O–H groups in total. The minimum Gasteiger partial charge on any atom is -0.365 e. The van der Waals surface area contributed by atoms with Crippen molar-refractivity contribution in [2.45, 2.75) is 25.8 Å². The molecule has 104 valence electrons. The zero-order valence-corrected chi connectivity index (χ0v) is 12.1. The molecule has 0 amide bonds. The number of hydrogen-bond donors (Lipinski definition) is 3. The van der Waals surface area contributed by atoms with Crippen molar-refractivity contribution in [2.24, 2.45) is 0 Å². The lowest BCUT2D eigenvalue weighted by Crippen LogP contribution is -2.38. The fourth-order valence-electron chi connectivity index (χ4n) is 2.31. The Labute approximate surface area is 122 Å². The maximum absolute atomic E-state index is 5.92. The van der Waals surface area contributed by atoms with E-state index in [1.807, 2.05) is 6.92 Å². The molecule has 1 atom stereocenters. The molecule has 3 rings (SSSR count). The molecule has 2 aromatic heterocycles. The number of H-pyrrole nitrogens is 1. The minimum absolute atomic E-state index is 0. The molecule has 1 aliphatic heterocycles. The summed E-state index contributed by atoms with van der Waals surface area (Å²) in [5, 5.41) is 15.0. The Morgan fingerprint density at radius 2 is 2.21 bits per heavy atom. The first-order chi connectivity index (χ1) is 8.74. The predicted octanol–water partition coefficient (Wildman–Crippen LogP) is 1.90. The quantitative estimate of drug-likeness (QED) is 0.739. The molecule has 0 aromatic carbocycles. The standard InChI is InChI=1S/C11H15ClN6.ClH/c1-6-8-9(14-7-3-2-4-13-5-7)15-11(12)16-10(8)18-17-6;/h7,13H,2-5H2,1H3,(H2,14,15,16,17,18);1H. The maximum Gasteiger partial charge on any atom is 0.226 e. The molecule has 3 heterocycles. The van der Waals surface area contributed by atoms with Crippen molar-refractivity contribution in [3.63, 3.8) is 0 Å². The topological polar surface area (TPSA) is 78.5 Å². The van der Waals surface area contributed by atoms with Gasteiger partial charge in [-0.2, -0.15) is 15.1 Å². The van der Waals surface area contributed by atoms with Crippen molar-refractivity contribution in [1.29, 1.82) is 0 Å². The van der Waals surface area contributed by atoms with Crippen molar-refractivity contribution >= 4 is 40.9 Å². The van der Waals surface area contributed by atoms with Gasteiger partial charge in [-0.05, 0) is 37.9 Å². The van der Waals surface area contributed by atoms with Crippen LogP contribution in [0.2, 0.25) is 5.28 Å². The number of rotatable bonds is 2. The van der Waals surface area contributed by atoms with Crippen molar-refractivity contribution in [3.05, 3.63) is 11.0 Å². The van der Waals surface area contributed by atoms with E-state index in [0.717, 1.165) is 36.4 Å². The summed E-state index contributed by atoms with van der Waals surface area (Å²) in [5.74, 6) is 0.768. The number of halogens is 2. The molecule has 1 fully saturated rings. The van der Waals surface area contributed by atoms with Crippen LogP contribution in [0.4, 0.5) is 5.82 Å². The number of anilines is 1. The van der Waals surface area contributed by atoms with E-state index >= 15 is 0 Å². The van der Waals surface area contributed by atoms with Gasteiger partial charge in [-0.1, -0.05) is 0 Å². The second-order valence-electron chi connectivity index (χ2n) is 4.58. The molecule has 1 saturated heterocycles. The highest BCUT2D eigenvalue weighted by atomic mass is 35.5. The normalized spacial score (nSPS) is 19.2. The lowest BCUT2D eigenvalue weighted by atomic mass is 10.1. The highest BCUT2D eigenvalue weighted by Gasteiger charge is 2.17. The van der Waals surface area contributed by atoms with Crippen molar-refractivity contribution in [2.75, 3.05) is 18.4 Å². The highest BCUT2D eigenvalue weighted by molar-refractivity contribution is 6.28. The second kappa shape index (κ2) is 5.90. The van der Waals surface area contributed by atoms with Crippen molar-refractivity contribution in [1.82, 2.24) is 25.5 Å². The Kier molecular flexibility index (Phi) is 4.44. The van der Waals surface area contributed by atoms with Crippen LogP contribution in [0, 0.1) is 6.92 Å². The fourth-order valence-corrected chi connectivity index (χ4v) is 2.48. The summed E-state index contributed by atoms with van der Waals surface area (Å²) in [6.45, 7) is 3.99. The van der Waals surface area contributed by atoms with Crippen LogP contribution in [0.15, 0.2) is 0 Å². The lowest BCUT2D eigenvalue weighted by molar-refractivity contribution is 0.479. The molecule has 1 aliphatic rings. The SMILES string of the molecule is Cc1[nH]nc2nc(Cl)nc(NC3CCCNC3)c12.Cl. The van der Waals surface area contributed by atoms with Crippen LogP contribution < -0.4 is 10.6 Å². The van der Waals surface area contributed by atoms with Crippen LogP contribution in [-0.2, 0) is 0 Å². The van der Waals surface area contributed by atoms with Crippen LogP contribution >= 0.6 is 24.0 Å². The van der Waals surface area contributed by atoms with E-state index in [2.05, 4.69) is 30.8 Å². The average Bonchev–Trinajstić information content (AvgIpc) is 2.72. The van der Waals surface area contributed by atoms with Gasteiger partial charge in [-0.3, -0.25) is 5.10 Å². The summed E-state index contributed by atoms with van der Waals surface area (Å²) < 4.78 is 0. The summed E-state index contributed by atoms with van der Waals surface area (Å²) in [4.78, 5) is 8.39. The molecule has 6 nitrogen and oxygen atoms in total. The first-order valence-corrected chi connectivity index (χ1v) is 6.47. The molecule has 0 saturated carbocycles. The number of nitrogens with one attached hydrogen (secondary N) is 3. The molecule has 19 heavy (non-hydrogen) atoms. The van der Waals surface area contributed by atoms with Crippen LogP contribution in [0.25, 0.3) is 11.0 Å². The van der Waals surface area contributed by atoms with Gasteiger partial charge >= 0.3 is 0 Å². The van der Waals surface area contributed by atoms with Crippen LogP contribution in [0.3, 0.4) is 0 Å². The van der Waals surface area contributed by atoms with E-state index in [1.165, 1.54) is 6.42 Å². The van der Waals surface area contributed by atoms with Gasteiger partial charge in [-0.25, -0.2) is 0 Å². The Morgan fingerprint density at radius 1 is 1.37 bits per heavy atom. The smallest absolute Gasteiger partial charge is 0.226 e. The van der Waals surface area contributed by atoms with Crippen molar-refractivity contribution < 1.29 is 0 Å². The Morgan fingerprint density at radius 3 is 2.95 bits per heavy atom. The third-order valence-electron chi connectivity index (χ3n) is 3.20. The fraction of sp³-hybridized carbons (Fsp3) is 0.545. The summed E-state index contributed by atoms with van der Waals surface area (Å²) in [7, 11) is 0. The van der Waals surface area contributed by atoms with E-state index in [4.69, 9.17) is 11.6 Å². The number of aromatic nitrogens is 4. The first-order valence-electron chi connectivity index (χ1n) is 6.09. The van der Waals surface area contributed by atoms with E-state index in [9.17, 15) is 0 Å². The molecule has 0 bridgehead atoms. The summed E-state index contributed by atoms with van der Waals surface area (Å²) in [5.41, 5.74) is 1.56. The van der Waals surface area contributed by atoms with E-state index < -0.39 is 0 Å². The molecular formula is C11H16Cl2N6.